The molecule has 3 N–H and O–H groups in total. The van der Waals surface area contributed by atoms with Crippen molar-refractivity contribution in [3.05, 3.63) is 52.2 Å². The maximum atomic E-state index is 10.8. The first-order valence-corrected chi connectivity index (χ1v) is 8.84. The van der Waals surface area contributed by atoms with Gasteiger partial charge in [-0.2, -0.15) is 4.98 Å². The Hall–Kier alpha value is -2.74. The largest absolute Gasteiger partial charge is 0.378 e. The van der Waals surface area contributed by atoms with Gasteiger partial charge in [0.2, 0.25) is 11.8 Å². The van der Waals surface area contributed by atoms with Crippen LogP contribution in [-0.4, -0.2) is 39.4 Å². The number of anilines is 2. The minimum atomic E-state index is -0.583. The van der Waals surface area contributed by atoms with Gasteiger partial charge in [0, 0.05) is 6.54 Å². The molecule has 8 heteroatoms. The zero-order chi connectivity index (χ0) is 18.5. The molecule has 1 saturated heterocycles. The Balaban J connectivity index is 1.74. The topological polar surface area (TPSA) is 110 Å². The van der Waals surface area contributed by atoms with Gasteiger partial charge in [0.05, 0.1) is 11.0 Å². The molecule has 138 valence electrons. The number of nitro groups is 1. The van der Waals surface area contributed by atoms with Gasteiger partial charge in [-0.15, -0.1) is 0 Å². The van der Waals surface area contributed by atoms with Crippen molar-refractivity contribution in [2.75, 3.05) is 30.7 Å². The molecular formula is C18H24N6O2. The van der Waals surface area contributed by atoms with Crippen LogP contribution in [0.25, 0.3) is 0 Å². The summed E-state index contributed by atoms with van der Waals surface area (Å²) < 4.78 is 0. The molecule has 1 aliphatic rings. The molecule has 0 saturated carbocycles. The van der Waals surface area contributed by atoms with Crippen molar-refractivity contribution in [2.24, 2.45) is 5.92 Å². The smallest absolute Gasteiger partial charge is 0.329 e. The van der Waals surface area contributed by atoms with Crippen molar-refractivity contribution in [1.82, 2.24) is 14.9 Å². The number of aromatic nitrogens is 2. The summed E-state index contributed by atoms with van der Waals surface area (Å²) in [6.45, 7) is 4.99. The highest BCUT2D eigenvalue weighted by atomic mass is 16.6. The van der Waals surface area contributed by atoms with Crippen LogP contribution in [0.3, 0.4) is 0 Å². The van der Waals surface area contributed by atoms with E-state index in [0.29, 0.717) is 12.5 Å². The van der Waals surface area contributed by atoms with Crippen molar-refractivity contribution < 1.29 is 4.92 Å². The predicted molar refractivity (Wildman–Crippen MR) is 101 cm³/mol. The van der Waals surface area contributed by atoms with Crippen LogP contribution in [0.1, 0.15) is 31.4 Å². The molecule has 26 heavy (non-hydrogen) atoms. The molecule has 0 bridgehead atoms. The number of rotatable bonds is 6. The van der Waals surface area contributed by atoms with Crippen molar-refractivity contribution >= 4 is 17.5 Å². The van der Waals surface area contributed by atoms with Gasteiger partial charge in [0.25, 0.3) is 0 Å². The molecule has 1 fully saturated rings. The number of nitrogens with one attached hydrogen (secondary N) is 1. The normalized spacial score (nSPS) is 17.0. The molecule has 1 atom stereocenters. The lowest BCUT2D eigenvalue weighted by atomic mass is 9.96. The first kappa shape index (κ1) is 18.1. The van der Waals surface area contributed by atoms with Gasteiger partial charge in [-0.1, -0.05) is 37.3 Å². The highest BCUT2D eigenvalue weighted by Gasteiger charge is 2.25. The summed E-state index contributed by atoms with van der Waals surface area (Å²) in [5.41, 5.74) is 6.60. The van der Waals surface area contributed by atoms with E-state index in [4.69, 9.17) is 5.73 Å². The Kier molecular flexibility index (Phi) is 5.62. The van der Waals surface area contributed by atoms with Crippen LogP contribution in [0.2, 0.25) is 0 Å². The summed E-state index contributed by atoms with van der Waals surface area (Å²) in [6, 6.07) is 10.5. The summed E-state index contributed by atoms with van der Waals surface area (Å²) in [7, 11) is 0. The average Bonchev–Trinajstić information content (AvgIpc) is 2.64. The van der Waals surface area contributed by atoms with Gasteiger partial charge in [-0.05, 0) is 37.4 Å². The molecular weight excluding hydrogens is 332 g/mol. The zero-order valence-electron chi connectivity index (χ0n) is 14.8. The quantitative estimate of drug-likeness (QED) is 0.605. The van der Waals surface area contributed by atoms with E-state index in [2.05, 4.69) is 39.2 Å². The molecule has 3 rings (SSSR count). The molecule has 2 aromatic rings. The fraction of sp³-hybridized carbons (Fsp3) is 0.444. The SMILES string of the molecule is CC1CCN(C(CNc2ncc([N+](=O)[O-])c(N)n2)c2ccccc2)CC1. The molecule has 1 unspecified atom stereocenters. The van der Waals surface area contributed by atoms with Crippen LogP contribution < -0.4 is 11.1 Å². The lowest BCUT2D eigenvalue weighted by molar-refractivity contribution is -0.384. The van der Waals surface area contributed by atoms with Gasteiger partial charge in [0.15, 0.2) is 0 Å². The van der Waals surface area contributed by atoms with Crippen LogP contribution in [0, 0.1) is 16.0 Å². The van der Waals surface area contributed by atoms with Crippen molar-refractivity contribution in [1.29, 1.82) is 0 Å². The van der Waals surface area contributed by atoms with Gasteiger partial charge >= 0.3 is 5.69 Å². The van der Waals surface area contributed by atoms with Crippen LogP contribution >= 0.6 is 0 Å². The summed E-state index contributed by atoms with van der Waals surface area (Å²) in [5, 5.41) is 14.0. The van der Waals surface area contributed by atoms with E-state index in [1.165, 1.54) is 18.4 Å². The van der Waals surface area contributed by atoms with E-state index in [1.54, 1.807) is 0 Å². The van der Waals surface area contributed by atoms with Crippen molar-refractivity contribution in [3.8, 4) is 0 Å². The second-order valence-corrected chi connectivity index (χ2v) is 6.75. The molecule has 8 nitrogen and oxygen atoms in total. The summed E-state index contributed by atoms with van der Waals surface area (Å²) in [6.07, 6.45) is 3.51. The highest BCUT2D eigenvalue weighted by Crippen LogP contribution is 2.27. The Morgan fingerprint density at radius 2 is 2.04 bits per heavy atom. The Morgan fingerprint density at radius 1 is 1.35 bits per heavy atom. The van der Waals surface area contributed by atoms with Crippen LogP contribution in [0.4, 0.5) is 17.5 Å². The van der Waals surface area contributed by atoms with E-state index < -0.39 is 4.92 Å². The Labute approximate surface area is 152 Å². The minimum absolute atomic E-state index is 0.129. The molecule has 0 radical (unpaired) electrons. The number of nitrogens with zero attached hydrogens (tertiary/aromatic N) is 4. The standard InChI is InChI=1S/C18H24N6O2/c1-13-7-9-23(10-8-13)15(14-5-3-2-4-6-14)11-20-18-21-12-16(24(25)26)17(19)22-18/h2-6,12-13,15H,7-11H2,1H3,(H3,19,20,21,22). The third-order valence-corrected chi connectivity index (χ3v) is 4.89. The molecule has 1 aliphatic heterocycles. The number of piperidine rings is 1. The molecule has 0 aliphatic carbocycles. The minimum Gasteiger partial charge on any atom is -0.378 e. The van der Waals surface area contributed by atoms with Gasteiger partial charge in [-0.3, -0.25) is 15.0 Å². The lowest BCUT2D eigenvalue weighted by Gasteiger charge is -2.37. The molecule has 2 heterocycles. The van der Waals surface area contributed by atoms with Crippen LogP contribution in [-0.2, 0) is 0 Å². The maximum absolute atomic E-state index is 10.8. The maximum Gasteiger partial charge on any atom is 0.329 e. The van der Waals surface area contributed by atoms with Gasteiger partial charge in [-0.25, -0.2) is 4.98 Å². The first-order valence-electron chi connectivity index (χ1n) is 8.84. The fourth-order valence-corrected chi connectivity index (χ4v) is 3.28. The number of nitrogens with two attached hydrogens (primary N) is 1. The van der Waals surface area contributed by atoms with Crippen molar-refractivity contribution in [3.63, 3.8) is 0 Å². The molecule has 0 spiro atoms. The number of benzene rings is 1. The first-order chi connectivity index (χ1) is 12.5. The Morgan fingerprint density at radius 3 is 2.65 bits per heavy atom. The second kappa shape index (κ2) is 8.09. The highest BCUT2D eigenvalue weighted by molar-refractivity contribution is 5.53. The van der Waals surface area contributed by atoms with Crippen LogP contribution in [0.15, 0.2) is 36.5 Å². The molecule has 1 aromatic heterocycles. The molecule has 1 aromatic carbocycles. The lowest BCUT2D eigenvalue weighted by Crippen LogP contribution is -2.39. The summed E-state index contributed by atoms with van der Waals surface area (Å²) in [5.74, 6) is 0.934. The van der Waals surface area contributed by atoms with E-state index in [9.17, 15) is 10.1 Å². The Bertz CT molecular complexity index is 747. The zero-order valence-corrected chi connectivity index (χ0v) is 14.8. The third kappa shape index (κ3) is 4.26. The number of nitrogen functional groups attached to an aromatic ring is 1. The number of hydrogen-bond acceptors (Lipinski definition) is 7. The van der Waals surface area contributed by atoms with Crippen LogP contribution in [0.5, 0.6) is 0 Å². The molecule has 0 amide bonds. The third-order valence-electron chi connectivity index (χ3n) is 4.89. The predicted octanol–water partition coefficient (Wildman–Crippen LogP) is 2.85. The van der Waals surface area contributed by atoms with E-state index in [1.807, 2.05) is 18.2 Å². The second-order valence-electron chi connectivity index (χ2n) is 6.75. The van der Waals surface area contributed by atoms with Crippen molar-refractivity contribution in [2.45, 2.75) is 25.8 Å². The summed E-state index contributed by atoms with van der Waals surface area (Å²) >= 11 is 0. The average molecular weight is 356 g/mol. The van der Waals surface area contributed by atoms with E-state index >= 15 is 0 Å². The van der Waals surface area contributed by atoms with Gasteiger partial charge in [0.1, 0.15) is 6.20 Å². The van der Waals surface area contributed by atoms with Gasteiger partial charge < -0.3 is 11.1 Å². The monoisotopic (exact) mass is 356 g/mol. The number of likely N-dealkylation sites (tertiary alicyclic amines) is 1. The summed E-state index contributed by atoms with van der Waals surface area (Å²) in [4.78, 5) is 20.8. The fourth-order valence-electron chi connectivity index (χ4n) is 3.28. The number of hydrogen-bond donors (Lipinski definition) is 2. The van der Waals surface area contributed by atoms with E-state index in [0.717, 1.165) is 25.2 Å². The van der Waals surface area contributed by atoms with E-state index in [-0.39, 0.29) is 17.5 Å².